The molecule has 1 N–H and O–H groups in total. The number of nitrogens with one attached hydrogen (secondary N) is 1. The summed E-state index contributed by atoms with van der Waals surface area (Å²) < 4.78 is 20.9. The maximum atomic E-state index is 11.6. The maximum Gasteiger partial charge on any atom is 0.326 e. The zero-order valence-electron chi connectivity index (χ0n) is 11.7. The van der Waals surface area contributed by atoms with Gasteiger partial charge in [0.05, 0.1) is 7.11 Å². The standard InChI is InChI=1S/C14H19NO5/c1-3-6-15-11(14(16)17-2)8-18-10-4-5-12-13(7-10)20-9-19-12/h4-5,7,11,15H,3,6,8-9H2,1-2H3. The number of benzene rings is 1. The SMILES string of the molecule is CCCNC(COc1ccc2c(c1)OCO2)C(=O)OC. The van der Waals surface area contributed by atoms with Gasteiger partial charge in [-0.1, -0.05) is 6.92 Å². The molecule has 0 fully saturated rings. The summed E-state index contributed by atoms with van der Waals surface area (Å²) in [6.07, 6.45) is 0.928. The van der Waals surface area contributed by atoms with Crippen molar-refractivity contribution in [1.29, 1.82) is 0 Å². The van der Waals surface area contributed by atoms with Gasteiger partial charge in [0.1, 0.15) is 18.4 Å². The number of rotatable bonds is 7. The lowest BCUT2D eigenvalue weighted by Gasteiger charge is -2.16. The Hall–Kier alpha value is -1.95. The van der Waals surface area contributed by atoms with Crippen LogP contribution in [0.1, 0.15) is 13.3 Å². The van der Waals surface area contributed by atoms with Gasteiger partial charge in [-0.2, -0.15) is 0 Å². The van der Waals surface area contributed by atoms with Crippen molar-refractivity contribution in [2.45, 2.75) is 19.4 Å². The quantitative estimate of drug-likeness (QED) is 0.761. The molecule has 20 heavy (non-hydrogen) atoms. The molecule has 0 saturated heterocycles. The lowest BCUT2D eigenvalue weighted by Crippen LogP contribution is -2.42. The number of fused-ring (bicyclic) bond motifs is 1. The number of methoxy groups -OCH3 is 1. The van der Waals surface area contributed by atoms with E-state index in [9.17, 15) is 4.79 Å². The van der Waals surface area contributed by atoms with Crippen molar-refractivity contribution >= 4 is 5.97 Å². The summed E-state index contributed by atoms with van der Waals surface area (Å²) in [4.78, 5) is 11.6. The maximum absolute atomic E-state index is 11.6. The molecule has 1 atom stereocenters. The minimum Gasteiger partial charge on any atom is -0.491 e. The van der Waals surface area contributed by atoms with E-state index in [0.717, 1.165) is 13.0 Å². The molecular weight excluding hydrogens is 262 g/mol. The number of ether oxygens (including phenoxy) is 4. The van der Waals surface area contributed by atoms with Crippen molar-refractivity contribution in [1.82, 2.24) is 5.32 Å². The predicted octanol–water partition coefficient (Wildman–Crippen LogP) is 1.34. The molecule has 6 heteroatoms. The van der Waals surface area contributed by atoms with E-state index in [2.05, 4.69) is 5.32 Å². The normalized spacial score (nSPS) is 13.9. The van der Waals surface area contributed by atoms with Crippen LogP contribution in [0.5, 0.6) is 17.2 Å². The highest BCUT2D eigenvalue weighted by molar-refractivity contribution is 5.75. The summed E-state index contributed by atoms with van der Waals surface area (Å²) in [5.74, 6) is 1.64. The van der Waals surface area contributed by atoms with Gasteiger partial charge >= 0.3 is 5.97 Å². The van der Waals surface area contributed by atoms with Gasteiger partial charge < -0.3 is 24.3 Å². The summed E-state index contributed by atoms with van der Waals surface area (Å²) in [7, 11) is 1.36. The highest BCUT2D eigenvalue weighted by Gasteiger charge is 2.20. The Kier molecular flexibility index (Phi) is 5.06. The van der Waals surface area contributed by atoms with Gasteiger partial charge in [-0.05, 0) is 25.1 Å². The molecule has 0 aliphatic carbocycles. The third kappa shape index (κ3) is 3.54. The molecule has 1 heterocycles. The van der Waals surface area contributed by atoms with Crippen molar-refractivity contribution in [3.8, 4) is 17.2 Å². The zero-order chi connectivity index (χ0) is 14.4. The Morgan fingerprint density at radius 1 is 1.40 bits per heavy atom. The summed E-state index contributed by atoms with van der Waals surface area (Å²) >= 11 is 0. The first kappa shape index (κ1) is 14.5. The van der Waals surface area contributed by atoms with Crippen LogP contribution < -0.4 is 19.5 Å². The van der Waals surface area contributed by atoms with E-state index in [1.54, 1.807) is 18.2 Å². The summed E-state index contributed by atoms with van der Waals surface area (Å²) in [5.41, 5.74) is 0. The molecule has 1 unspecified atom stereocenters. The van der Waals surface area contributed by atoms with Crippen LogP contribution >= 0.6 is 0 Å². The molecule has 0 spiro atoms. The molecule has 0 amide bonds. The second-order valence-electron chi connectivity index (χ2n) is 4.36. The largest absolute Gasteiger partial charge is 0.491 e. The molecule has 0 radical (unpaired) electrons. The zero-order valence-corrected chi connectivity index (χ0v) is 11.7. The Bertz CT molecular complexity index is 463. The monoisotopic (exact) mass is 281 g/mol. The molecule has 0 aromatic heterocycles. The van der Waals surface area contributed by atoms with Gasteiger partial charge in [-0.25, -0.2) is 0 Å². The molecule has 1 aliphatic heterocycles. The van der Waals surface area contributed by atoms with Gasteiger partial charge in [0.25, 0.3) is 0 Å². The average molecular weight is 281 g/mol. The van der Waals surface area contributed by atoms with Crippen LogP contribution in [0, 0.1) is 0 Å². The first-order chi connectivity index (χ1) is 9.74. The van der Waals surface area contributed by atoms with Crippen molar-refractivity contribution < 1.29 is 23.7 Å². The van der Waals surface area contributed by atoms with E-state index in [1.165, 1.54) is 7.11 Å². The third-order valence-electron chi connectivity index (χ3n) is 2.89. The number of carbonyl (C=O) groups excluding carboxylic acids is 1. The summed E-state index contributed by atoms with van der Waals surface area (Å²) in [6.45, 7) is 3.18. The smallest absolute Gasteiger partial charge is 0.326 e. The van der Waals surface area contributed by atoms with E-state index < -0.39 is 6.04 Å². The fourth-order valence-electron chi connectivity index (χ4n) is 1.82. The highest BCUT2D eigenvalue weighted by Crippen LogP contribution is 2.35. The van der Waals surface area contributed by atoms with Crippen molar-refractivity contribution in [3.63, 3.8) is 0 Å². The van der Waals surface area contributed by atoms with Crippen LogP contribution in [0.25, 0.3) is 0 Å². The highest BCUT2D eigenvalue weighted by atomic mass is 16.7. The first-order valence-electron chi connectivity index (χ1n) is 6.58. The summed E-state index contributed by atoms with van der Waals surface area (Å²) in [5, 5.41) is 3.09. The fraction of sp³-hybridized carbons (Fsp3) is 0.500. The number of hydrogen-bond donors (Lipinski definition) is 1. The topological polar surface area (TPSA) is 66.0 Å². The van der Waals surface area contributed by atoms with E-state index in [0.29, 0.717) is 17.2 Å². The number of esters is 1. The van der Waals surface area contributed by atoms with Crippen molar-refractivity contribution in [2.75, 3.05) is 27.1 Å². The molecule has 1 aliphatic rings. The van der Waals surface area contributed by atoms with Crippen LogP contribution in [-0.4, -0.2) is 39.1 Å². The molecule has 6 nitrogen and oxygen atoms in total. The van der Waals surface area contributed by atoms with Crippen molar-refractivity contribution in [2.24, 2.45) is 0 Å². The third-order valence-corrected chi connectivity index (χ3v) is 2.89. The fourth-order valence-corrected chi connectivity index (χ4v) is 1.82. The van der Waals surface area contributed by atoms with Gasteiger partial charge in [0.2, 0.25) is 6.79 Å². The van der Waals surface area contributed by atoms with E-state index in [4.69, 9.17) is 18.9 Å². The molecule has 1 aromatic rings. The number of carbonyl (C=O) groups is 1. The van der Waals surface area contributed by atoms with Crippen LogP contribution in [-0.2, 0) is 9.53 Å². The van der Waals surface area contributed by atoms with Crippen LogP contribution in [0.3, 0.4) is 0 Å². The van der Waals surface area contributed by atoms with Crippen molar-refractivity contribution in [3.05, 3.63) is 18.2 Å². The van der Waals surface area contributed by atoms with Crippen LogP contribution in [0.2, 0.25) is 0 Å². The number of hydrogen-bond acceptors (Lipinski definition) is 6. The Labute approximate surface area is 118 Å². The van der Waals surface area contributed by atoms with Crippen LogP contribution in [0.4, 0.5) is 0 Å². The lowest BCUT2D eigenvalue weighted by molar-refractivity contribution is -0.143. The first-order valence-corrected chi connectivity index (χ1v) is 6.58. The van der Waals surface area contributed by atoms with E-state index in [-0.39, 0.29) is 19.4 Å². The van der Waals surface area contributed by atoms with E-state index in [1.807, 2.05) is 6.92 Å². The van der Waals surface area contributed by atoms with Gasteiger partial charge in [-0.3, -0.25) is 4.79 Å². The minimum absolute atomic E-state index is 0.201. The average Bonchev–Trinajstić information content (AvgIpc) is 2.94. The second-order valence-corrected chi connectivity index (χ2v) is 4.36. The van der Waals surface area contributed by atoms with E-state index >= 15 is 0 Å². The minimum atomic E-state index is -0.481. The lowest BCUT2D eigenvalue weighted by atomic mass is 10.3. The molecule has 0 bridgehead atoms. The predicted molar refractivity (Wildman–Crippen MR) is 72.2 cm³/mol. The molecule has 110 valence electrons. The molecule has 1 aromatic carbocycles. The Balaban J connectivity index is 1.92. The molecule has 2 rings (SSSR count). The Morgan fingerprint density at radius 2 is 2.20 bits per heavy atom. The second kappa shape index (κ2) is 7.00. The summed E-state index contributed by atoms with van der Waals surface area (Å²) in [6, 6.07) is 4.83. The van der Waals surface area contributed by atoms with Gasteiger partial charge in [-0.15, -0.1) is 0 Å². The van der Waals surface area contributed by atoms with Gasteiger partial charge in [0, 0.05) is 6.07 Å². The molecule has 0 saturated carbocycles. The van der Waals surface area contributed by atoms with Gasteiger partial charge in [0.15, 0.2) is 11.5 Å². The van der Waals surface area contributed by atoms with Crippen LogP contribution in [0.15, 0.2) is 18.2 Å². The molecular formula is C14H19NO5. The Morgan fingerprint density at radius 3 is 2.95 bits per heavy atom.